The first kappa shape index (κ1) is 16.5. The molecular formula is C18H32N2O. The maximum atomic E-state index is 12.1. The second kappa shape index (κ2) is 7.42. The third-order valence-electron chi connectivity index (χ3n) is 5.88. The highest BCUT2D eigenvalue weighted by Gasteiger charge is 2.30. The van der Waals surface area contributed by atoms with Crippen LogP contribution in [0.5, 0.6) is 0 Å². The lowest BCUT2D eigenvalue weighted by Crippen LogP contribution is -2.31. The fraction of sp³-hybridized carbons (Fsp3) is 0.889. The van der Waals surface area contributed by atoms with Gasteiger partial charge >= 0.3 is 0 Å². The zero-order valence-corrected chi connectivity index (χ0v) is 14.1. The molecule has 0 aromatic heterocycles. The maximum Gasteiger partial charge on any atom is 0.243 e. The molecule has 0 unspecified atom stereocenters. The summed E-state index contributed by atoms with van der Waals surface area (Å²) in [6, 6.07) is 0. The van der Waals surface area contributed by atoms with Gasteiger partial charge in [-0.1, -0.05) is 46.5 Å². The van der Waals surface area contributed by atoms with Crippen molar-refractivity contribution in [3.8, 4) is 0 Å². The average Bonchev–Trinajstić information content (AvgIpc) is 2.54. The third kappa shape index (κ3) is 4.55. The monoisotopic (exact) mass is 292 g/mol. The van der Waals surface area contributed by atoms with Gasteiger partial charge in [0, 0.05) is 11.6 Å². The van der Waals surface area contributed by atoms with Gasteiger partial charge in [0.2, 0.25) is 5.91 Å². The molecule has 0 aromatic carbocycles. The SMILES string of the molecule is CCC(C)(C)C1CCC(=NNC(=O)C2CCCCC2)CC1. The molecule has 0 saturated heterocycles. The maximum absolute atomic E-state index is 12.1. The van der Waals surface area contributed by atoms with Crippen molar-refractivity contribution in [2.45, 2.75) is 85.0 Å². The Morgan fingerprint density at radius 1 is 1.14 bits per heavy atom. The van der Waals surface area contributed by atoms with Crippen LogP contribution < -0.4 is 5.43 Å². The summed E-state index contributed by atoms with van der Waals surface area (Å²) in [6.07, 6.45) is 11.6. The van der Waals surface area contributed by atoms with Crippen molar-refractivity contribution in [1.82, 2.24) is 5.43 Å². The Labute approximate surface area is 130 Å². The Balaban J connectivity index is 1.78. The van der Waals surface area contributed by atoms with E-state index in [1.807, 2.05) is 0 Å². The van der Waals surface area contributed by atoms with Crippen LogP contribution in [0.4, 0.5) is 0 Å². The summed E-state index contributed by atoms with van der Waals surface area (Å²) in [4.78, 5) is 12.1. The van der Waals surface area contributed by atoms with Crippen LogP contribution in [0.25, 0.3) is 0 Å². The zero-order chi connectivity index (χ0) is 15.3. The van der Waals surface area contributed by atoms with Crippen LogP contribution >= 0.6 is 0 Å². The van der Waals surface area contributed by atoms with Crippen molar-refractivity contribution >= 4 is 11.6 Å². The summed E-state index contributed by atoms with van der Waals surface area (Å²) in [5, 5.41) is 4.42. The normalized spacial score (nSPS) is 24.7. The fourth-order valence-electron chi connectivity index (χ4n) is 3.72. The second-order valence-corrected chi connectivity index (χ2v) is 7.61. The van der Waals surface area contributed by atoms with Crippen LogP contribution in [0.1, 0.15) is 85.0 Å². The fourth-order valence-corrected chi connectivity index (χ4v) is 3.72. The quantitative estimate of drug-likeness (QED) is 0.752. The summed E-state index contributed by atoms with van der Waals surface area (Å²) >= 11 is 0. The molecule has 2 aliphatic rings. The van der Waals surface area contributed by atoms with Crippen LogP contribution in [0.2, 0.25) is 0 Å². The summed E-state index contributed by atoms with van der Waals surface area (Å²) in [6.45, 7) is 7.04. The molecular weight excluding hydrogens is 260 g/mol. The standard InChI is InChI=1S/C18H32N2O/c1-4-18(2,3)15-10-12-16(13-11-15)19-20-17(21)14-8-6-5-7-9-14/h14-15H,4-13H2,1-3H3,(H,20,21). The van der Waals surface area contributed by atoms with Crippen molar-refractivity contribution < 1.29 is 4.79 Å². The Hall–Kier alpha value is -0.860. The van der Waals surface area contributed by atoms with Gasteiger partial charge < -0.3 is 0 Å². The zero-order valence-electron chi connectivity index (χ0n) is 14.1. The Morgan fingerprint density at radius 3 is 2.33 bits per heavy atom. The first-order chi connectivity index (χ1) is 10.0. The molecule has 3 nitrogen and oxygen atoms in total. The van der Waals surface area contributed by atoms with E-state index in [2.05, 4.69) is 31.3 Å². The Bertz CT molecular complexity index is 371. The highest BCUT2D eigenvalue weighted by atomic mass is 16.2. The summed E-state index contributed by atoms with van der Waals surface area (Å²) < 4.78 is 0. The van der Waals surface area contributed by atoms with Crippen molar-refractivity contribution in [3.05, 3.63) is 0 Å². The van der Waals surface area contributed by atoms with Crippen molar-refractivity contribution in [3.63, 3.8) is 0 Å². The molecule has 0 aromatic rings. The number of nitrogens with zero attached hydrogens (tertiary/aromatic N) is 1. The summed E-state index contributed by atoms with van der Waals surface area (Å²) in [5.41, 5.74) is 4.48. The molecule has 1 N–H and O–H groups in total. The number of carbonyl (C=O) groups excluding carboxylic acids is 1. The van der Waals surface area contributed by atoms with Gasteiger partial charge in [-0.2, -0.15) is 5.10 Å². The molecule has 2 rings (SSSR count). The van der Waals surface area contributed by atoms with E-state index in [1.165, 1.54) is 44.2 Å². The molecule has 0 atom stereocenters. The van der Waals surface area contributed by atoms with E-state index in [4.69, 9.17) is 0 Å². The van der Waals surface area contributed by atoms with E-state index in [0.29, 0.717) is 5.41 Å². The molecule has 120 valence electrons. The number of hydrazone groups is 1. The van der Waals surface area contributed by atoms with Gasteiger partial charge in [-0.25, -0.2) is 5.43 Å². The summed E-state index contributed by atoms with van der Waals surface area (Å²) in [5.74, 6) is 1.16. The molecule has 2 fully saturated rings. The number of hydrogen-bond acceptors (Lipinski definition) is 2. The van der Waals surface area contributed by atoms with Crippen molar-refractivity contribution in [1.29, 1.82) is 0 Å². The lowest BCUT2D eigenvalue weighted by molar-refractivity contribution is -0.125. The largest absolute Gasteiger partial charge is 0.273 e. The van der Waals surface area contributed by atoms with Gasteiger partial charge in [0.25, 0.3) is 0 Å². The van der Waals surface area contributed by atoms with Crippen LogP contribution in [0.3, 0.4) is 0 Å². The molecule has 2 saturated carbocycles. The first-order valence-corrected chi connectivity index (χ1v) is 8.88. The predicted molar refractivity (Wildman–Crippen MR) is 88.2 cm³/mol. The molecule has 0 heterocycles. The second-order valence-electron chi connectivity index (χ2n) is 7.61. The highest BCUT2D eigenvalue weighted by Crippen LogP contribution is 2.39. The molecule has 1 amide bonds. The minimum Gasteiger partial charge on any atom is -0.273 e. The minimum atomic E-state index is 0.151. The molecule has 0 aliphatic heterocycles. The number of nitrogens with one attached hydrogen (secondary N) is 1. The van der Waals surface area contributed by atoms with Gasteiger partial charge in [-0.15, -0.1) is 0 Å². The Kier molecular flexibility index (Phi) is 5.83. The van der Waals surface area contributed by atoms with Crippen LogP contribution in [0, 0.1) is 17.3 Å². The van der Waals surface area contributed by atoms with Gasteiger partial charge in [0.15, 0.2) is 0 Å². The smallest absolute Gasteiger partial charge is 0.243 e. The van der Waals surface area contributed by atoms with Crippen LogP contribution in [0.15, 0.2) is 5.10 Å². The molecule has 2 aliphatic carbocycles. The number of hydrogen-bond donors (Lipinski definition) is 1. The van der Waals surface area contributed by atoms with Crippen molar-refractivity contribution in [2.75, 3.05) is 0 Å². The molecule has 0 spiro atoms. The molecule has 21 heavy (non-hydrogen) atoms. The van der Waals surface area contributed by atoms with Crippen molar-refractivity contribution in [2.24, 2.45) is 22.4 Å². The van der Waals surface area contributed by atoms with Gasteiger partial charge in [-0.3, -0.25) is 4.79 Å². The van der Waals surface area contributed by atoms with E-state index < -0.39 is 0 Å². The molecule has 3 heteroatoms. The van der Waals surface area contributed by atoms with E-state index in [-0.39, 0.29) is 11.8 Å². The topological polar surface area (TPSA) is 41.5 Å². The molecule has 0 radical (unpaired) electrons. The lowest BCUT2D eigenvalue weighted by Gasteiger charge is -2.36. The van der Waals surface area contributed by atoms with Gasteiger partial charge in [0.1, 0.15) is 0 Å². The average molecular weight is 292 g/mol. The first-order valence-electron chi connectivity index (χ1n) is 8.88. The molecule has 0 bridgehead atoms. The van der Waals surface area contributed by atoms with Crippen LogP contribution in [-0.2, 0) is 4.79 Å². The predicted octanol–water partition coefficient (Wildman–Crippen LogP) is 4.67. The lowest BCUT2D eigenvalue weighted by atomic mass is 9.69. The summed E-state index contributed by atoms with van der Waals surface area (Å²) in [7, 11) is 0. The van der Waals surface area contributed by atoms with E-state index >= 15 is 0 Å². The third-order valence-corrected chi connectivity index (χ3v) is 5.88. The number of amides is 1. The van der Waals surface area contributed by atoms with E-state index in [1.54, 1.807) is 0 Å². The number of rotatable bonds is 4. The highest BCUT2D eigenvalue weighted by molar-refractivity contribution is 5.87. The van der Waals surface area contributed by atoms with E-state index in [0.717, 1.165) is 31.6 Å². The number of carbonyl (C=O) groups is 1. The minimum absolute atomic E-state index is 0.151. The Morgan fingerprint density at radius 2 is 1.76 bits per heavy atom. The van der Waals surface area contributed by atoms with Gasteiger partial charge in [-0.05, 0) is 49.9 Å². The van der Waals surface area contributed by atoms with E-state index in [9.17, 15) is 4.79 Å². The van der Waals surface area contributed by atoms with Crippen LogP contribution in [-0.4, -0.2) is 11.6 Å². The van der Waals surface area contributed by atoms with Gasteiger partial charge in [0.05, 0.1) is 0 Å².